The molecule has 0 radical (unpaired) electrons. The first-order valence-electron chi connectivity index (χ1n) is 6.94. The Bertz CT molecular complexity index is 627. The normalized spacial score (nSPS) is 18.1. The van der Waals surface area contributed by atoms with Gasteiger partial charge >= 0.3 is 0 Å². The lowest BCUT2D eigenvalue weighted by molar-refractivity contribution is 0.949. The van der Waals surface area contributed by atoms with Crippen LogP contribution in [-0.2, 0) is 0 Å². The predicted molar refractivity (Wildman–Crippen MR) is 81.9 cm³/mol. The van der Waals surface area contributed by atoms with Gasteiger partial charge in [-0.05, 0) is 43.9 Å². The van der Waals surface area contributed by atoms with Crippen molar-refractivity contribution in [3.05, 3.63) is 70.3 Å². The standard InChI is InChI=1S/C18H19N/c1-13-8-9-14(2)17(12-13)18-16-7-5-3-4-6-15(16)10-11-19-18/h4-9,12H,3,10-11H2,1-2H3. The van der Waals surface area contributed by atoms with E-state index in [1.807, 2.05) is 0 Å². The number of aryl methyl sites for hydroxylation is 2. The van der Waals surface area contributed by atoms with Gasteiger partial charge in [-0.25, -0.2) is 0 Å². The lowest BCUT2D eigenvalue weighted by atomic mass is 9.90. The van der Waals surface area contributed by atoms with Crippen LogP contribution in [0.2, 0.25) is 0 Å². The summed E-state index contributed by atoms with van der Waals surface area (Å²) >= 11 is 0. The van der Waals surface area contributed by atoms with Crippen LogP contribution in [0.25, 0.3) is 0 Å². The smallest absolute Gasteiger partial charge is 0.0724 e. The van der Waals surface area contributed by atoms with Gasteiger partial charge in [0.15, 0.2) is 0 Å². The Balaban J connectivity index is 2.14. The average molecular weight is 249 g/mol. The van der Waals surface area contributed by atoms with E-state index in [4.69, 9.17) is 4.99 Å². The molecule has 3 rings (SSSR count). The topological polar surface area (TPSA) is 12.4 Å². The highest BCUT2D eigenvalue weighted by Gasteiger charge is 2.18. The van der Waals surface area contributed by atoms with E-state index in [-0.39, 0.29) is 0 Å². The summed E-state index contributed by atoms with van der Waals surface area (Å²) in [5.41, 5.74) is 7.80. The Morgan fingerprint density at radius 2 is 1.89 bits per heavy atom. The van der Waals surface area contributed by atoms with Crippen LogP contribution in [0.15, 0.2) is 58.6 Å². The zero-order valence-electron chi connectivity index (χ0n) is 11.6. The Morgan fingerprint density at radius 1 is 1.05 bits per heavy atom. The van der Waals surface area contributed by atoms with Crippen molar-refractivity contribution in [2.24, 2.45) is 4.99 Å². The van der Waals surface area contributed by atoms with Gasteiger partial charge in [-0.2, -0.15) is 0 Å². The molecule has 0 saturated heterocycles. The Labute approximate surface area is 115 Å². The molecule has 19 heavy (non-hydrogen) atoms. The van der Waals surface area contributed by atoms with E-state index < -0.39 is 0 Å². The molecule has 1 aliphatic heterocycles. The third kappa shape index (κ3) is 2.33. The Kier molecular flexibility index (Phi) is 3.20. The van der Waals surface area contributed by atoms with Crippen molar-refractivity contribution in [2.45, 2.75) is 26.7 Å². The fraction of sp³-hybridized carbons (Fsp3) is 0.278. The predicted octanol–water partition coefficient (Wildman–Crippen LogP) is 4.31. The molecule has 0 unspecified atom stereocenters. The van der Waals surface area contributed by atoms with Crippen molar-refractivity contribution < 1.29 is 0 Å². The van der Waals surface area contributed by atoms with Gasteiger partial charge < -0.3 is 0 Å². The van der Waals surface area contributed by atoms with Crippen molar-refractivity contribution >= 4 is 5.71 Å². The first-order chi connectivity index (χ1) is 9.25. The zero-order chi connectivity index (χ0) is 13.2. The van der Waals surface area contributed by atoms with Gasteiger partial charge in [-0.15, -0.1) is 0 Å². The molecule has 1 nitrogen and oxygen atoms in total. The molecule has 0 aromatic heterocycles. The summed E-state index contributed by atoms with van der Waals surface area (Å²) < 4.78 is 0. The summed E-state index contributed by atoms with van der Waals surface area (Å²) in [6.07, 6.45) is 11.1. The molecule has 0 fully saturated rings. The van der Waals surface area contributed by atoms with Crippen LogP contribution in [0.1, 0.15) is 29.5 Å². The second kappa shape index (κ2) is 5.00. The first kappa shape index (κ1) is 12.2. The van der Waals surface area contributed by atoms with Crippen LogP contribution in [0, 0.1) is 13.8 Å². The minimum absolute atomic E-state index is 0.903. The second-order valence-corrected chi connectivity index (χ2v) is 5.28. The lowest BCUT2D eigenvalue weighted by Crippen LogP contribution is -2.13. The number of rotatable bonds is 1. The molecule has 1 aliphatic carbocycles. The molecule has 0 bridgehead atoms. The highest BCUT2D eigenvalue weighted by molar-refractivity contribution is 6.16. The van der Waals surface area contributed by atoms with E-state index in [0.29, 0.717) is 0 Å². The van der Waals surface area contributed by atoms with Crippen LogP contribution >= 0.6 is 0 Å². The van der Waals surface area contributed by atoms with Gasteiger partial charge in [0.2, 0.25) is 0 Å². The molecule has 0 spiro atoms. The maximum Gasteiger partial charge on any atom is 0.0724 e. The summed E-state index contributed by atoms with van der Waals surface area (Å²) in [5.74, 6) is 0. The minimum atomic E-state index is 0.903. The van der Waals surface area contributed by atoms with Crippen molar-refractivity contribution in [1.29, 1.82) is 0 Å². The van der Waals surface area contributed by atoms with Crippen LogP contribution in [0.4, 0.5) is 0 Å². The van der Waals surface area contributed by atoms with Crippen LogP contribution in [0.5, 0.6) is 0 Å². The molecule has 0 atom stereocenters. The fourth-order valence-electron chi connectivity index (χ4n) is 2.72. The molecule has 0 saturated carbocycles. The van der Waals surface area contributed by atoms with E-state index in [1.165, 1.54) is 33.5 Å². The van der Waals surface area contributed by atoms with Crippen LogP contribution in [-0.4, -0.2) is 12.3 Å². The van der Waals surface area contributed by atoms with Gasteiger partial charge in [-0.3, -0.25) is 4.99 Å². The molecule has 1 heterocycles. The van der Waals surface area contributed by atoms with Crippen molar-refractivity contribution in [2.75, 3.05) is 6.54 Å². The largest absolute Gasteiger partial charge is 0.284 e. The van der Waals surface area contributed by atoms with E-state index in [0.717, 1.165) is 19.4 Å². The molecule has 0 N–H and O–H groups in total. The first-order valence-corrected chi connectivity index (χ1v) is 6.94. The maximum atomic E-state index is 4.80. The van der Waals surface area contributed by atoms with Gasteiger partial charge in [0, 0.05) is 17.7 Å². The van der Waals surface area contributed by atoms with Crippen molar-refractivity contribution in [1.82, 2.24) is 0 Å². The zero-order valence-corrected chi connectivity index (χ0v) is 11.6. The van der Waals surface area contributed by atoms with Crippen molar-refractivity contribution in [3.8, 4) is 0 Å². The maximum absolute atomic E-state index is 4.80. The highest BCUT2D eigenvalue weighted by atomic mass is 14.7. The number of dihydropyridines is 1. The Morgan fingerprint density at radius 3 is 2.79 bits per heavy atom. The van der Waals surface area contributed by atoms with Crippen LogP contribution < -0.4 is 0 Å². The molecule has 2 aliphatic rings. The summed E-state index contributed by atoms with van der Waals surface area (Å²) in [6, 6.07) is 6.62. The molecule has 0 amide bonds. The van der Waals surface area contributed by atoms with E-state index in [1.54, 1.807) is 0 Å². The lowest BCUT2D eigenvalue weighted by Gasteiger charge is -2.19. The van der Waals surface area contributed by atoms with E-state index in [9.17, 15) is 0 Å². The molecular formula is C18H19N. The number of nitrogens with zero attached hydrogens (tertiary/aromatic N) is 1. The molecule has 96 valence electrons. The van der Waals surface area contributed by atoms with E-state index >= 15 is 0 Å². The Hall–Kier alpha value is -1.89. The van der Waals surface area contributed by atoms with Crippen molar-refractivity contribution in [3.63, 3.8) is 0 Å². The number of allylic oxidation sites excluding steroid dienone is 5. The summed E-state index contributed by atoms with van der Waals surface area (Å²) in [4.78, 5) is 4.80. The van der Waals surface area contributed by atoms with Gasteiger partial charge in [-0.1, -0.05) is 42.0 Å². The third-order valence-electron chi connectivity index (χ3n) is 3.78. The number of hydrogen-bond acceptors (Lipinski definition) is 1. The van der Waals surface area contributed by atoms with Crippen LogP contribution in [0.3, 0.4) is 0 Å². The quantitative estimate of drug-likeness (QED) is 0.703. The summed E-state index contributed by atoms with van der Waals surface area (Å²) in [5, 5.41) is 0. The molecule has 1 aromatic carbocycles. The second-order valence-electron chi connectivity index (χ2n) is 5.28. The molecule has 1 heteroatoms. The average Bonchev–Trinajstić information content (AvgIpc) is 2.66. The molecule has 1 aromatic rings. The number of hydrogen-bond donors (Lipinski definition) is 0. The molecular weight excluding hydrogens is 230 g/mol. The highest BCUT2D eigenvalue weighted by Crippen LogP contribution is 2.26. The monoisotopic (exact) mass is 249 g/mol. The number of aliphatic imine (C=N–C) groups is 1. The fourth-order valence-corrected chi connectivity index (χ4v) is 2.72. The minimum Gasteiger partial charge on any atom is -0.284 e. The summed E-state index contributed by atoms with van der Waals surface area (Å²) in [6.45, 7) is 5.21. The SMILES string of the molecule is Cc1ccc(C)c(C2=NCCC3=C2C=CCC=C3)c1. The van der Waals surface area contributed by atoms with E-state index in [2.05, 4.69) is 56.4 Å². The number of benzene rings is 1. The van der Waals surface area contributed by atoms with Gasteiger partial charge in [0.25, 0.3) is 0 Å². The third-order valence-corrected chi connectivity index (χ3v) is 3.78. The van der Waals surface area contributed by atoms with Gasteiger partial charge in [0.05, 0.1) is 5.71 Å². The van der Waals surface area contributed by atoms with Gasteiger partial charge in [0.1, 0.15) is 0 Å². The summed E-state index contributed by atoms with van der Waals surface area (Å²) in [7, 11) is 0.